The van der Waals surface area contributed by atoms with Gasteiger partial charge in [-0.3, -0.25) is 13.9 Å². The van der Waals surface area contributed by atoms with Crippen LogP contribution in [0.3, 0.4) is 0 Å². The van der Waals surface area contributed by atoms with E-state index < -0.39 is 0 Å². The van der Waals surface area contributed by atoms with Crippen LogP contribution in [0.2, 0.25) is 0 Å². The lowest BCUT2D eigenvalue weighted by Gasteiger charge is -2.08. The lowest BCUT2D eigenvalue weighted by Crippen LogP contribution is -2.39. The lowest BCUT2D eigenvalue weighted by atomic mass is 10.1. The fraction of sp³-hybridized carbons (Fsp3) is 0.350. The molecule has 152 valence electrons. The quantitative estimate of drug-likeness (QED) is 0.652. The van der Waals surface area contributed by atoms with Crippen LogP contribution in [0.25, 0.3) is 23.3 Å². The molecular weight excluding hydrogens is 376 g/mol. The van der Waals surface area contributed by atoms with Crippen molar-refractivity contribution in [2.45, 2.75) is 26.9 Å². The minimum absolute atomic E-state index is 0.155. The van der Waals surface area contributed by atoms with Crippen molar-refractivity contribution in [1.29, 1.82) is 0 Å². The third-order valence-corrected chi connectivity index (χ3v) is 5.01. The number of aromatic nitrogens is 4. The summed E-state index contributed by atoms with van der Waals surface area (Å²) in [5.41, 5.74) is 0.934. The van der Waals surface area contributed by atoms with Crippen molar-refractivity contribution in [2.24, 2.45) is 7.05 Å². The molecule has 29 heavy (non-hydrogen) atoms. The van der Waals surface area contributed by atoms with Crippen LogP contribution >= 0.6 is 0 Å². The Kier molecular flexibility index (Phi) is 4.65. The number of ether oxygens (including phenoxy) is 3. The van der Waals surface area contributed by atoms with Crippen LogP contribution in [-0.4, -0.2) is 32.6 Å². The van der Waals surface area contributed by atoms with E-state index in [1.807, 2.05) is 25.1 Å². The Morgan fingerprint density at radius 3 is 2.59 bits per heavy atom. The van der Waals surface area contributed by atoms with Crippen LogP contribution in [0.15, 0.2) is 21.7 Å². The Morgan fingerprint density at radius 1 is 1.14 bits per heavy atom. The summed E-state index contributed by atoms with van der Waals surface area (Å²) >= 11 is 0. The maximum atomic E-state index is 12.8. The van der Waals surface area contributed by atoms with Gasteiger partial charge in [0.25, 0.3) is 5.56 Å². The van der Waals surface area contributed by atoms with E-state index in [4.69, 9.17) is 14.2 Å². The molecule has 0 aliphatic carbocycles. The molecule has 1 aromatic carbocycles. The number of nitrogens with zero attached hydrogens (tertiary/aromatic N) is 4. The van der Waals surface area contributed by atoms with E-state index in [0.717, 1.165) is 5.56 Å². The van der Waals surface area contributed by atoms with E-state index in [1.54, 1.807) is 31.7 Å². The summed E-state index contributed by atoms with van der Waals surface area (Å²) in [6.07, 6.45) is 3.63. The van der Waals surface area contributed by atoms with Gasteiger partial charge in [0, 0.05) is 20.1 Å². The minimum atomic E-state index is -0.346. The Hall–Kier alpha value is -3.49. The zero-order valence-corrected chi connectivity index (χ0v) is 16.8. The minimum Gasteiger partial charge on any atom is -0.493 e. The van der Waals surface area contributed by atoms with E-state index >= 15 is 0 Å². The van der Waals surface area contributed by atoms with Crippen molar-refractivity contribution < 1.29 is 14.2 Å². The van der Waals surface area contributed by atoms with E-state index in [0.29, 0.717) is 47.3 Å². The summed E-state index contributed by atoms with van der Waals surface area (Å²) in [5, 5.41) is 0. The first-order valence-corrected chi connectivity index (χ1v) is 9.35. The standard InChI is InChI=1S/C20H22N4O5/c1-5-23-18-16(19(25)24(6-2)20(23)26)22(3)15(21-18)8-7-12-9-13(27-4)17-14(10-12)28-11-29-17/h7-10H,5-6,11H2,1-4H3. The van der Waals surface area contributed by atoms with E-state index in [2.05, 4.69) is 4.98 Å². The van der Waals surface area contributed by atoms with Gasteiger partial charge in [-0.05, 0) is 37.6 Å². The molecule has 4 rings (SSSR count). The topological polar surface area (TPSA) is 89.5 Å². The average Bonchev–Trinajstić information content (AvgIpc) is 3.31. The van der Waals surface area contributed by atoms with Crippen molar-refractivity contribution in [1.82, 2.24) is 18.7 Å². The maximum absolute atomic E-state index is 12.8. The van der Waals surface area contributed by atoms with Gasteiger partial charge < -0.3 is 18.8 Å². The summed E-state index contributed by atoms with van der Waals surface area (Å²) in [4.78, 5) is 29.9. The van der Waals surface area contributed by atoms with Gasteiger partial charge in [-0.1, -0.05) is 6.08 Å². The highest BCUT2D eigenvalue weighted by Gasteiger charge is 2.20. The zero-order valence-electron chi connectivity index (χ0n) is 16.8. The SMILES string of the molecule is CCn1c(=O)c2c(nc(C=Cc3cc(OC)c4c(c3)OCO4)n2C)n(CC)c1=O. The number of fused-ring (bicyclic) bond motifs is 2. The number of benzene rings is 1. The van der Waals surface area contributed by atoms with Crippen molar-refractivity contribution in [3.8, 4) is 17.2 Å². The van der Waals surface area contributed by atoms with Crippen molar-refractivity contribution >= 4 is 23.3 Å². The van der Waals surface area contributed by atoms with Gasteiger partial charge in [0.2, 0.25) is 12.5 Å². The Balaban J connectivity index is 1.84. The summed E-state index contributed by atoms with van der Waals surface area (Å²) in [7, 11) is 3.33. The molecule has 0 atom stereocenters. The van der Waals surface area contributed by atoms with Crippen LogP contribution in [-0.2, 0) is 20.1 Å². The number of rotatable bonds is 5. The molecule has 0 saturated heterocycles. The Bertz CT molecular complexity index is 1250. The van der Waals surface area contributed by atoms with E-state index in [9.17, 15) is 9.59 Å². The van der Waals surface area contributed by atoms with Gasteiger partial charge in [-0.15, -0.1) is 0 Å². The second-order valence-electron chi connectivity index (χ2n) is 6.57. The molecule has 3 heterocycles. The normalized spacial score (nSPS) is 13.0. The summed E-state index contributed by atoms with van der Waals surface area (Å²) < 4.78 is 20.7. The molecule has 0 unspecified atom stereocenters. The van der Waals surface area contributed by atoms with Crippen LogP contribution < -0.4 is 25.5 Å². The first-order valence-electron chi connectivity index (χ1n) is 9.35. The predicted molar refractivity (Wildman–Crippen MR) is 109 cm³/mol. The van der Waals surface area contributed by atoms with Crippen molar-refractivity contribution in [3.63, 3.8) is 0 Å². The van der Waals surface area contributed by atoms with Gasteiger partial charge in [0.1, 0.15) is 5.82 Å². The van der Waals surface area contributed by atoms with Crippen LogP contribution in [0, 0.1) is 0 Å². The zero-order chi connectivity index (χ0) is 20.7. The van der Waals surface area contributed by atoms with E-state index in [-0.39, 0.29) is 18.0 Å². The average molecular weight is 398 g/mol. The van der Waals surface area contributed by atoms with Gasteiger partial charge in [-0.25, -0.2) is 9.78 Å². The van der Waals surface area contributed by atoms with Gasteiger partial charge >= 0.3 is 5.69 Å². The summed E-state index contributed by atoms with van der Waals surface area (Å²) in [5.74, 6) is 2.33. The molecule has 9 heteroatoms. The second kappa shape index (κ2) is 7.16. The first kappa shape index (κ1) is 18.9. The highest BCUT2D eigenvalue weighted by molar-refractivity contribution is 5.77. The van der Waals surface area contributed by atoms with Crippen LogP contribution in [0.5, 0.6) is 17.2 Å². The molecule has 0 fully saturated rings. The monoisotopic (exact) mass is 398 g/mol. The fourth-order valence-corrected chi connectivity index (χ4v) is 3.51. The van der Waals surface area contributed by atoms with Gasteiger partial charge in [0.15, 0.2) is 22.7 Å². The molecule has 9 nitrogen and oxygen atoms in total. The molecule has 0 radical (unpaired) electrons. The fourth-order valence-electron chi connectivity index (χ4n) is 3.51. The highest BCUT2D eigenvalue weighted by atomic mass is 16.7. The van der Waals surface area contributed by atoms with E-state index in [1.165, 1.54) is 9.13 Å². The second-order valence-corrected chi connectivity index (χ2v) is 6.57. The Morgan fingerprint density at radius 2 is 1.90 bits per heavy atom. The lowest BCUT2D eigenvalue weighted by molar-refractivity contribution is 0.171. The van der Waals surface area contributed by atoms with Gasteiger partial charge in [-0.2, -0.15) is 0 Å². The molecular formula is C20H22N4O5. The maximum Gasteiger partial charge on any atom is 0.332 e. The number of hydrogen-bond donors (Lipinski definition) is 0. The third-order valence-electron chi connectivity index (χ3n) is 5.01. The molecule has 0 N–H and O–H groups in total. The third kappa shape index (κ3) is 2.89. The number of hydrogen-bond acceptors (Lipinski definition) is 6. The van der Waals surface area contributed by atoms with Gasteiger partial charge in [0.05, 0.1) is 7.11 Å². The van der Waals surface area contributed by atoms with Crippen LogP contribution in [0.4, 0.5) is 0 Å². The number of aryl methyl sites for hydroxylation is 2. The van der Waals surface area contributed by atoms with Crippen molar-refractivity contribution in [3.05, 3.63) is 44.4 Å². The number of methoxy groups -OCH3 is 1. The smallest absolute Gasteiger partial charge is 0.332 e. The predicted octanol–water partition coefficient (Wildman–Crippen LogP) is 1.84. The number of imidazole rings is 1. The molecule has 0 bridgehead atoms. The first-order chi connectivity index (χ1) is 14.0. The molecule has 0 saturated carbocycles. The molecule has 3 aromatic rings. The summed E-state index contributed by atoms with van der Waals surface area (Å²) in [6.45, 7) is 4.52. The highest BCUT2D eigenvalue weighted by Crippen LogP contribution is 2.42. The van der Waals surface area contributed by atoms with Crippen LogP contribution in [0.1, 0.15) is 25.2 Å². The Labute approximate surface area is 166 Å². The molecule has 1 aliphatic rings. The summed E-state index contributed by atoms with van der Waals surface area (Å²) in [6, 6.07) is 3.68. The molecule has 0 spiro atoms. The van der Waals surface area contributed by atoms with Crippen molar-refractivity contribution in [2.75, 3.05) is 13.9 Å². The molecule has 1 aliphatic heterocycles. The largest absolute Gasteiger partial charge is 0.493 e. The molecule has 0 amide bonds. The molecule has 2 aromatic heterocycles.